The molecular weight excluding hydrogens is 338 g/mol. The quantitative estimate of drug-likeness (QED) is 0.610. The van der Waals surface area contributed by atoms with Crippen molar-refractivity contribution in [1.82, 2.24) is 5.32 Å². The first-order chi connectivity index (χ1) is 7.11. The van der Waals surface area contributed by atoms with Crippen molar-refractivity contribution in [2.75, 3.05) is 0 Å². The molecule has 5 heteroatoms. The molecule has 1 aliphatic rings. The van der Waals surface area contributed by atoms with Gasteiger partial charge in [0.1, 0.15) is 6.10 Å². The predicted octanol–water partition coefficient (Wildman–Crippen LogP) is 2.95. The Kier molecular flexibility index (Phi) is 4.46. The molecule has 0 saturated carbocycles. The zero-order valence-electron chi connectivity index (χ0n) is 10.1. The summed E-state index contributed by atoms with van der Waals surface area (Å²) in [5.74, 6) is -0.251. The van der Waals surface area contributed by atoms with Crippen LogP contribution in [0.1, 0.15) is 40.5 Å². The number of nitrogens with one attached hydrogen (secondary N) is 1. The number of carbonyl (C=O) groups is 1. The molecule has 0 aromatic carbocycles. The second kappa shape index (κ2) is 4.94. The van der Waals surface area contributed by atoms with E-state index in [1.54, 1.807) is 0 Å². The van der Waals surface area contributed by atoms with E-state index in [1.807, 2.05) is 0 Å². The summed E-state index contributed by atoms with van der Waals surface area (Å²) >= 11 is 6.30. The van der Waals surface area contributed by atoms with Crippen LogP contribution in [0.2, 0.25) is 0 Å². The highest BCUT2D eigenvalue weighted by Crippen LogP contribution is 2.31. The Hall–Kier alpha value is 0.390. The molecule has 0 amide bonds. The minimum Gasteiger partial charge on any atom is -0.461 e. The highest BCUT2D eigenvalue weighted by atomic mass is 79.9. The number of carbonyl (C=O) groups excluding carboxylic acids is 1. The van der Waals surface area contributed by atoms with Crippen molar-refractivity contribution >= 4 is 37.8 Å². The fourth-order valence-corrected chi connectivity index (χ4v) is 2.74. The molecule has 0 aromatic rings. The van der Waals surface area contributed by atoms with Crippen LogP contribution in [-0.4, -0.2) is 26.9 Å². The van der Waals surface area contributed by atoms with Gasteiger partial charge in [-0.2, -0.15) is 0 Å². The van der Waals surface area contributed by atoms with Crippen molar-refractivity contribution < 1.29 is 9.53 Å². The second-order valence-corrected chi connectivity index (χ2v) is 8.72. The highest BCUT2D eigenvalue weighted by molar-refractivity contribution is 9.25. The third kappa shape index (κ3) is 4.34. The lowest BCUT2D eigenvalue weighted by Crippen LogP contribution is -2.59. The summed E-state index contributed by atoms with van der Waals surface area (Å²) in [5.41, 5.74) is 0.00163. The Morgan fingerprint density at radius 1 is 1.25 bits per heavy atom. The van der Waals surface area contributed by atoms with E-state index in [0.29, 0.717) is 0 Å². The van der Waals surface area contributed by atoms with Gasteiger partial charge in [0.05, 0.1) is 0 Å². The summed E-state index contributed by atoms with van der Waals surface area (Å²) < 4.78 is 5.04. The first kappa shape index (κ1) is 14.5. The summed E-state index contributed by atoms with van der Waals surface area (Å²) in [6.45, 7) is 8.53. The van der Waals surface area contributed by atoms with E-state index in [1.165, 1.54) is 0 Å². The predicted molar refractivity (Wildman–Crippen MR) is 72.0 cm³/mol. The van der Waals surface area contributed by atoms with Crippen molar-refractivity contribution in [1.29, 1.82) is 0 Å². The summed E-state index contributed by atoms with van der Waals surface area (Å²) in [5, 5.41) is 3.55. The summed E-state index contributed by atoms with van der Waals surface area (Å²) in [6.07, 6.45) is 1.67. The van der Waals surface area contributed by atoms with Gasteiger partial charge >= 0.3 is 5.97 Å². The molecule has 0 unspecified atom stereocenters. The molecule has 1 rings (SSSR count). The van der Waals surface area contributed by atoms with Crippen molar-refractivity contribution in [2.24, 2.45) is 0 Å². The molecule has 1 saturated heterocycles. The van der Waals surface area contributed by atoms with Crippen molar-refractivity contribution in [3.63, 3.8) is 0 Å². The largest absolute Gasteiger partial charge is 0.461 e. The third-order valence-corrected chi connectivity index (χ3v) is 3.36. The Bertz CT molecular complexity index is 261. The number of piperidine rings is 1. The van der Waals surface area contributed by atoms with Gasteiger partial charge < -0.3 is 10.1 Å². The molecule has 0 spiro atoms. The van der Waals surface area contributed by atoms with Gasteiger partial charge in [0.15, 0.2) is 3.74 Å². The van der Waals surface area contributed by atoms with Crippen molar-refractivity contribution in [3.05, 3.63) is 0 Å². The van der Waals surface area contributed by atoms with E-state index in [2.05, 4.69) is 64.9 Å². The molecule has 0 aromatic heterocycles. The molecule has 0 bridgehead atoms. The number of rotatable bonds is 2. The minimum absolute atomic E-state index is 0.000813. The van der Waals surface area contributed by atoms with Crippen LogP contribution >= 0.6 is 31.9 Å². The molecule has 1 heterocycles. The first-order valence-electron chi connectivity index (χ1n) is 5.39. The van der Waals surface area contributed by atoms with Gasteiger partial charge in [-0.15, -0.1) is 0 Å². The third-order valence-electron chi connectivity index (χ3n) is 2.61. The lowest BCUT2D eigenvalue weighted by atomic mass is 9.81. The number of hydrogen-bond acceptors (Lipinski definition) is 3. The van der Waals surface area contributed by atoms with Gasteiger partial charge in [0.2, 0.25) is 0 Å². The number of halogens is 2. The highest BCUT2D eigenvalue weighted by Gasteiger charge is 2.39. The van der Waals surface area contributed by atoms with E-state index in [9.17, 15) is 4.79 Å². The maximum Gasteiger partial charge on any atom is 0.330 e. The molecule has 0 radical (unpaired) electrons. The van der Waals surface area contributed by atoms with Crippen molar-refractivity contribution in [2.45, 2.75) is 61.5 Å². The molecule has 1 fully saturated rings. The average Bonchev–Trinajstić information content (AvgIpc) is 1.96. The van der Waals surface area contributed by atoms with E-state index >= 15 is 0 Å². The normalized spacial score (nSPS) is 24.4. The number of esters is 1. The van der Waals surface area contributed by atoms with E-state index < -0.39 is 3.74 Å². The number of alkyl halides is 2. The van der Waals surface area contributed by atoms with Gasteiger partial charge in [-0.3, -0.25) is 0 Å². The molecule has 1 aliphatic heterocycles. The lowest BCUT2D eigenvalue weighted by Gasteiger charge is -2.45. The number of hydrogen-bond donors (Lipinski definition) is 1. The Morgan fingerprint density at radius 3 is 2.06 bits per heavy atom. The molecule has 0 atom stereocenters. The zero-order chi connectivity index (χ0) is 12.6. The molecular formula is C11H19Br2NO2. The molecule has 94 valence electrons. The Morgan fingerprint density at radius 2 is 1.69 bits per heavy atom. The first-order valence-corrected chi connectivity index (χ1v) is 7.22. The monoisotopic (exact) mass is 355 g/mol. The average molecular weight is 357 g/mol. The van der Waals surface area contributed by atoms with Gasteiger partial charge in [0.25, 0.3) is 0 Å². The Labute approximate surface area is 114 Å². The van der Waals surface area contributed by atoms with Crippen LogP contribution in [0.5, 0.6) is 0 Å². The summed E-state index contributed by atoms with van der Waals surface area (Å²) in [7, 11) is 0. The Balaban J connectivity index is 2.64. The topological polar surface area (TPSA) is 38.3 Å². The lowest BCUT2D eigenvalue weighted by molar-refractivity contribution is -0.150. The maximum atomic E-state index is 11.5. The number of ether oxygens (including phenoxy) is 1. The molecule has 3 nitrogen and oxygen atoms in total. The summed E-state index contributed by atoms with van der Waals surface area (Å²) in [6, 6.07) is 0. The van der Waals surface area contributed by atoms with E-state index in [0.717, 1.165) is 12.8 Å². The zero-order valence-corrected chi connectivity index (χ0v) is 13.3. The van der Waals surface area contributed by atoms with Crippen LogP contribution in [-0.2, 0) is 9.53 Å². The summed E-state index contributed by atoms with van der Waals surface area (Å²) in [4.78, 5) is 11.5. The van der Waals surface area contributed by atoms with E-state index in [-0.39, 0.29) is 23.2 Å². The van der Waals surface area contributed by atoms with Crippen LogP contribution in [0, 0.1) is 0 Å². The maximum absolute atomic E-state index is 11.5. The minimum atomic E-state index is -0.416. The fourth-order valence-electron chi connectivity index (χ4n) is 2.53. The van der Waals surface area contributed by atoms with Gasteiger partial charge in [-0.1, -0.05) is 31.9 Å². The SMILES string of the molecule is CC1(C)CC(OC(=O)C(Br)Br)CC(C)(C)N1. The van der Waals surface area contributed by atoms with Crippen LogP contribution in [0.25, 0.3) is 0 Å². The van der Waals surface area contributed by atoms with Crippen LogP contribution in [0.4, 0.5) is 0 Å². The standard InChI is InChI=1S/C11H19Br2NO2/c1-10(2)5-7(6-11(3,4)14-10)16-9(15)8(12)13/h7-8,14H,5-6H2,1-4H3. The fraction of sp³-hybridized carbons (Fsp3) is 0.909. The van der Waals surface area contributed by atoms with Crippen LogP contribution < -0.4 is 5.32 Å². The second-order valence-electron chi connectivity index (χ2n) is 5.66. The molecule has 0 aliphatic carbocycles. The van der Waals surface area contributed by atoms with Gasteiger partial charge in [-0.05, 0) is 27.7 Å². The van der Waals surface area contributed by atoms with Crippen molar-refractivity contribution in [3.8, 4) is 0 Å². The van der Waals surface area contributed by atoms with E-state index in [4.69, 9.17) is 4.74 Å². The molecule has 16 heavy (non-hydrogen) atoms. The van der Waals surface area contributed by atoms with Gasteiger partial charge in [-0.25, -0.2) is 4.79 Å². The van der Waals surface area contributed by atoms with Crippen LogP contribution in [0.15, 0.2) is 0 Å². The molecule has 1 N–H and O–H groups in total. The smallest absolute Gasteiger partial charge is 0.330 e. The van der Waals surface area contributed by atoms with Crippen LogP contribution in [0.3, 0.4) is 0 Å². The van der Waals surface area contributed by atoms with Gasteiger partial charge in [0, 0.05) is 23.9 Å².